The second-order valence-electron chi connectivity index (χ2n) is 5.97. The Morgan fingerprint density at radius 2 is 1.95 bits per heavy atom. The Balaban J connectivity index is 2.06. The molecule has 20 heavy (non-hydrogen) atoms. The molecule has 0 amide bonds. The van der Waals surface area contributed by atoms with E-state index < -0.39 is 0 Å². The lowest BCUT2D eigenvalue weighted by Gasteiger charge is -2.21. The minimum atomic E-state index is 0.148. The van der Waals surface area contributed by atoms with Crippen molar-refractivity contribution in [2.24, 2.45) is 0 Å². The van der Waals surface area contributed by atoms with Crippen LogP contribution in [0.4, 0.5) is 0 Å². The number of nitrogens with one attached hydrogen (secondary N) is 1. The van der Waals surface area contributed by atoms with Crippen molar-refractivity contribution in [1.29, 1.82) is 0 Å². The molecule has 1 aromatic heterocycles. The third-order valence-corrected chi connectivity index (χ3v) is 4.04. The maximum absolute atomic E-state index is 4.36. The van der Waals surface area contributed by atoms with Crippen molar-refractivity contribution in [2.75, 3.05) is 0 Å². The van der Waals surface area contributed by atoms with Crippen LogP contribution < -0.4 is 5.32 Å². The molecule has 0 aliphatic carbocycles. The molecule has 0 saturated carbocycles. The van der Waals surface area contributed by atoms with Gasteiger partial charge in [0.25, 0.3) is 0 Å². The molecule has 0 spiro atoms. The summed E-state index contributed by atoms with van der Waals surface area (Å²) in [7, 11) is 0. The van der Waals surface area contributed by atoms with E-state index in [1.54, 1.807) is 11.8 Å². The van der Waals surface area contributed by atoms with Crippen molar-refractivity contribution < 1.29 is 0 Å². The molecule has 0 fully saturated rings. The lowest BCUT2D eigenvalue weighted by Crippen LogP contribution is -2.35. The zero-order valence-electron chi connectivity index (χ0n) is 12.6. The maximum Gasteiger partial charge on any atom is 0.101 e. The summed E-state index contributed by atoms with van der Waals surface area (Å²) in [5.74, 6) is 0. The summed E-state index contributed by atoms with van der Waals surface area (Å²) in [6, 6.07) is 12.6. The Morgan fingerprint density at radius 1 is 1.15 bits per heavy atom. The molecule has 1 aromatic carbocycles. The highest BCUT2D eigenvalue weighted by Crippen LogP contribution is 2.29. The van der Waals surface area contributed by atoms with Crippen LogP contribution in [0.1, 0.15) is 31.9 Å². The normalized spacial score (nSPS) is 11.6. The van der Waals surface area contributed by atoms with E-state index in [0.29, 0.717) is 0 Å². The SMILES string of the molecule is Cc1cc(CNC(C)(C)C)ccc1Sc1ccccn1. The van der Waals surface area contributed by atoms with E-state index in [0.717, 1.165) is 11.6 Å². The van der Waals surface area contributed by atoms with Gasteiger partial charge in [-0.15, -0.1) is 0 Å². The van der Waals surface area contributed by atoms with Crippen LogP contribution in [0.25, 0.3) is 0 Å². The lowest BCUT2D eigenvalue weighted by molar-refractivity contribution is 0.424. The first-order valence-corrected chi connectivity index (χ1v) is 7.69. The minimum absolute atomic E-state index is 0.148. The highest BCUT2D eigenvalue weighted by Gasteiger charge is 2.09. The number of aryl methyl sites for hydroxylation is 1. The van der Waals surface area contributed by atoms with Crippen LogP contribution in [0.5, 0.6) is 0 Å². The average molecular weight is 286 g/mol. The molecule has 1 N–H and O–H groups in total. The smallest absolute Gasteiger partial charge is 0.101 e. The first-order chi connectivity index (χ1) is 9.44. The maximum atomic E-state index is 4.36. The van der Waals surface area contributed by atoms with Crippen LogP contribution in [-0.2, 0) is 6.54 Å². The van der Waals surface area contributed by atoms with Crippen molar-refractivity contribution in [3.05, 3.63) is 53.7 Å². The summed E-state index contributed by atoms with van der Waals surface area (Å²) in [6.07, 6.45) is 1.83. The summed E-state index contributed by atoms with van der Waals surface area (Å²) in [5.41, 5.74) is 2.77. The van der Waals surface area contributed by atoms with Gasteiger partial charge in [-0.25, -0.2) is 4.98 Å². The number of aromatic nitrogens is 1. The molecule has 0 atom stereocenters. The van der Waals surface area contributed by atoms with E-state index in [9.17, 15) is 0 Å². The van der Waals surface area contributed by atoms with Crippen LogP contribution in [0.2, 0.25) is 0 Å². The Kier molecular flexibility index (Phi) is 4.84. The zero-order valence-corrected chi connectivity index (χ0v) is 13.4. The van der Waals surface area contributed by atoms with Gasteiger partial charge in [0.2, 0.25) is 0 Å². The van der Waals surface area contributed by atoms with E-state index in [-0.39, 0.29) is 5.54 Å². The Bertz CT molecular complexity index is 559. The molecule has 0 radical (unpaired) electrons. The molecule has 106 valence electrons. The van der Waals surface area contributed by atoms with Gasteiger partial charge in [-0.05, 0) is 57.0 Å². The summed E-state index contributed by atoms with van der Waals surface area (Å²) in [6.45, 7) is 9.62. The molecule has 1 heterocycles. The van der Waals surface area contributed by atoms with E-state index >= 15 is 0 Å². The fraction of sp³-hybridized carbons (Fsp3) is 0.353. The fourth-order valence-corrected chi connectivity index (χ4v) is 2.66. The monoisotopic (exact) mass is 286 g/mol. The third-order valence-electron chi connectivity index (χ3n) is 2.91. The Labute approximate surface area is 126 Å². The number of benzene rings is 1. The van der Waals surface area contributed by atoms with Gasteiger partial charge in [0.05, 0.1) is 0 Å². The molecule has 2 aromatic rings. The number of nitrogens with zero attached hydrogens (tertiary/aromatic N) is 1. The largest absolute Gasteiger partial charge is 0.308 e. The van der Waals surface area contributed by atoms with Gasteiger partial charge in [0.1, 0.15) is 5.03 Å². The summed E-state index contributed by atoms with van der Waals surface area (Å²) < 4.78 is 0. The first kappa shape index (κ1) is 15.1. The van der Waals surface area contributed by atoms with Gasteiger partial charge in [0.15, 0.2) is 0 Å². The minimum Gasteiger partial charge on any atom is -0.308 e. The first-order valence-electron chi connectivity index (χ1n) is 6.87. The van der Waals surface area contributed by atoms with Gasteiger partial charge in [0, 0.05) is 23.2 Å². The molecule has 0 unspecified atom stereocenters. The summed E-state index contributed by atoms with van der Waals surface area (Å²) >= 11 is 1.72. The molecule has 0 aliphatic heterocycles. The summed E-state index contributed by atoms with van der Waals surface area (Å²) in [4.78, 5) is 5.62. The molecular formula is C17H22N2S. The van der Waals surface area contributed by atoms with Gasteiger partial charge in [-0.2, -0.15) is 0 Å². The second-order valence-corrected chi connectivity index (χ2v) is 7.04. The Hall–Kier alpha value is -1.32. The number of hydrogen-bond acceptors (Lipinski definition) is 3. The lowest BCUT2D eigenvalue weighted by atomic mass is 10.1. The third kappa shape index (κ3) is 4.66. The van der Waals surface area contributed by atoms with Gasteiger partial charge < -0.3 is 5.32 Å². The van der Waals surface area contributed by atoms with Crippen LogP contribution in [0.3, 0.4) is 0 Å². The molecule has 3 heteroatoms. The number of rotatable bonds is 4. The van der Waals surface area contributed by atoms with Gasteiger partial charge in [-0.1, -0.05) is 30.0 Å². The molecule has 0 bridgehead atoms. The van der Waals surface area contributed by atoms with E-state index in [1.807, 2.05) is 24.4 Å². The molecule has 2 nitrogen and oxygen atoms in total. The van der Waals surface area contributed by atoms with E-state index in [1.165, 1.54) is 16.0 Å². The van der Waals surface area contributed by atoms with Crippen LogP contribution in [0, 0.1) is 6.92 Å². The Morgan fingerprint density at radius 3 is 2.55 bits per heavy atom. The zero-order chi connectivity index (χ0) is 14.6. The summed E-state index contributed by atoms with van der Waals surface area (Å²) in [5, 5.41) is 4.55. The molecule has 2 rings (SSSR count). The van der Waals surface area contributed by atoms with E-state index in [4.69, 9.17) is 0 Å². The highest BCUT2D eigenvalue weighted by molar-refractivity contribution is 7.99. The topological polar surface area (TPSA) is 24.9 Å². The number of pyridine rings is 1. The molecule has 0 aliphatic rings. The van der Waals surface area contributed by atoms with Crippen molar-refractivity contribution >= 4 is 11.8 Å². The predicted octanol–water partition coefficient (Wildman–Crippen LogP) is 4.43. The van der Waals surface area contributed by atoms with Crippen LogP contribution in [0.15, 0.2) is 52.5 Å². The van der Waals surface area contributed by atoms with Crippen LogP contribution in [-0.4, -0.2) is 10.5 Å². The van der Waals surface area contributed by atoms with E-state index in [2.05, 4.69) is 56.2 Å². The quantitative estimate of drug-likeness (QED) is 0.900. The predicted molar refractivity (Wildman–Crippen MR) is 86.1 cm³/mol. The fourth-order valence-electron chi connectivity index (χ4n) is 1.82. The van der Waals surface area contributed by atoms with Gasteiger partial charge in [-0.3, -0.25) is 0 Å². The molecule has 0 saturated heterocycles. The average Bonchev–Trinajstić information content (AvgIpc) is 2.40. The van der Waals surface area contributed by atoms with Crippen molar-refractivity contribution in [3.8, 4) is 0 Å². The van der Waals surface area contributed by atoms with Crippen LogP contribution >= 0.6 is 11.8 Å². The molecular weight excluding hydrogens is 264 g/mol. The highest BCUT2D eigenvalue weighted by atomic mass is 32.2. The van der Waals surface area contributed by atoms with Gasteiger partial charge >= 0.3 is 0 Å². The van der Waals surface area contributed by atoms with Crippen molar-refractivity contribution in [1.82, 2.24) is 10.3 Å². The second kappa shape index (κ2) is 6.42. The van der Waals surface area contributed by atoms with Crippen molar-refractivity contribution in [3.63, 3.8) is 0 Å². The standard InChI is InChI=1S/C17H22N2S/c1-13-11-14(12-19-17(2,3)4)8-9-15(13)20-16-7-5-6-10-18-16/h5-11,19H,12H2,1-4H3. The number of hydrogen-bond donors (Lipinski definition) is 1. The van der Waals surface area contributed by atoms with Crippen molar-refractivity contribution in [2.45, 2.75) is 49.7 Å².